The van der Waals surface area contributed by atoms with E-state index in [9.17, 15) is 14.0 Å². The molecule has 0 spiro atoms. The molecule has 162 valence electrons. The van der Waals surface area contributed by atoms with Crippen LogP contribution in [0.1, 0.15) is 40.8 Å². The topological polar surface area (TPSA) is 91.3 Å². The van der Waals surface area contributed by atoms with Gasteiger partial charge in [-0.2, -0.15) is 0 Å². The number of aryl methyl sites for hydroxylation is 1. The highest BCUT2D eigenvalue weighted by atomic mass is 32.1. The second kappa shape index (κ2) is 8.18. The molecule has 10 heteroatoms. The maximum absolute atomic E-state index is 13.5. The molecule has 4 heterocycles. The van der Waals surface area contributed by atoms with Crippen molar-refractivity contribution in [1.29, 1.82) is 0 Å². The number of carbonyl (C=O) groups is 2. The summed E-state index contributed by atoms with van der Waals surface area (Å²) in [4.78, 5) is 42.0. The summed E-state index contributed by atoms with van der Waals surface area (Å²) < 4.78 is 14.3. The lowest BCUT2D eigenvalue weighted by molar-refractivity contribution is -0.132. The number of likely N-dealkylation sites (N-methyl/N-ethyl adjacent to an activating group) is 1. The molecule has 0 aliphatic carbocycles. The van der Waals surface area contributed by atoms with Gasteiger partial charge in [0.05, 0.1) is 28.5 Å². The van der Waals surface area contributed by atoms with Crippen LogP contribution in [0.15, 0.2) is 24.5 Å². The van der Waals surface area contributed by atoms with E-state index in [2.05, 4.69) is 20.3 Å². The number of aromatic nitrogens is 3. The van der Waals surface area contributed by atoms with E-state index in [1.165, 1.54) is 24.3 Å². The van der Waals surface area contributed by atoms with E-state index in [0.717, 1.165) is 15.8 Å². The molecular formula is C21H23FN6O2S. The molecule has 1 fully saturated rings. The van der Waals surface area contributed by atoms with E-state index < -0.39 is 5.82 Å². The number of likely N-dealkylation sites (tertiary alicyclic amines) is 1. The number of hydrogen-bond donors (Lipinski definition) is 1. The van der Waals surface area contributed by atoms with Gasteiger partial charge in [-0.15, -0.1) is 11.3 Å². The minimum Gasteiger partial charge on any atom is -0.348 e. The SMILES string of the molecule is CC(=O)N(C)C1CN(C(=O)c2nc(NC(C)c3cncc(F)c3)nc3cc(C)sc23)C1. The van der Waals surface area contributed by atoms with Gasteiger partial charge in [-0.1, -0.05) is 0 Å². The molecule has 0 aromatic carbocycles. The maximum atomic E-state index is 13.5. The molecule has 1 unspecified atom stereocenters. The number of thiophene rings is 1. The normalized spacial score (nSPS) is 14.9. The van der Waals surface area contributed by atoms with Gasteiger partial charge in [0.2, 0.25) is 11.9 Å². The summed E-state index contributed by atoms with van der Waals surface area (Å²) in [5.41, 5.74) is 1.67. The summed E-state index contributed by atoms with van der Waals surface area (Å²) in [6, 6.07) is 3.03. The predicted octanol–water partition coefficient (Wildman–Crippen LogP) is 3.01. The molecule has 1 atom stereocenters. The zero-order valence-corrected chi connectivity index (χ0v) is 18.5. The van der Waals surface area contributed by atoms with Gasteiger partial charge in [-0.3, -0.25) is 14.6 Å². The van der Waals surface area contributed by atoms with Crippen LogP contribution < -0.4 is 5.32 Å². The number of amides is 2. The largest absolute Gasteiger partial charge is 0.348 e. The molecule has 2 amide bonds. The number of rotatable bonds is 5. The maximum Gasteiger partial charge on any atom is 0.274 e. The lowest BCUT2D eigenvalue weighted by atomic mass is 10.1. The van der Waals surface area contributed by atoms with Crippen LogP contribution in [0.25, 0.3) is 10.2 Å². The van der Waals surface area contributed by atoms with Gasteiger partial charge >= 0.3 is 0 Å². The van der Waals surface area contributed by atoms with Crippen LogP contribution in [0.3, 0.4) is 0 Å². The fourth-order valence-electron chi connectivity index (χ4n) is 3.47. The molecule has 0 bridgehead atoms. The molecule has 0 radical (unpaired) electrons. The molecule has 0 saturated carbocycles. The molecule has 1 aliphatic rings. The fraction of sp³-hybridized carbons (Fsp3) is 0.381. The number of anilines is 1. The highest BCUT2D eigenvalue weighted by molar-refractivity contribution is 7.19. The highest BCUT2D eigenvalue weighted by Gasteiger charge is 2.36. The van der Waals surface area contributed by atoms with Crippen LogP contribution in [0.4, 0.5) is 10.3 Å². The highest BCUT2D eigenvalue weighted by Crippen LogP contribution is 2.30. The van der Waals surface area contributed by atoms with Crippen molar-refractivity contribution < 1.29 is 14.0 Å². The van der Waals surface area contributed by atoms with Crippen LogP contribution in [0.5, 0.6) is 0 Å². The van der Waals surface area contributed by atoms with Gasteiger partial charge < -0.3 is 15.1 Å². The Bertz CT molecular complexity index is 1160. The second-order valence-corrected chi connectivity index (χ2v) is 9.02. The van der Waals surface area contributed by atoms with Crippen LogP contribution in [-0.4, -0.2) is 62.7 Å². The fourth-order valence-corrected chi connectivity index (χ4v) is 4.41. The number of nitrogens with one attached hydrogen (secondary N) is 1. The van der Waals surface area contributed by atoms with E-state index in [-0.39, 0.29) is 23.9 Å². The summed E-state index contributed by atoms with van der Waals surface area (Å²) in [5, 5.41) is 3.15. The number of fused-ring (bicyclic) bond motifs is 1. The Morgan fingerprint density at radius 2 is 2.03 bits per heavy atom. The quantitative estimate of drug-likeness (QED) is 0.653. The standard InChI is InChI=1S/C21H23FN6O2S/c1-11-5-17-19(31-11)18(20(30)28-9-16(10-28)27(4)13(3)29)26-21(25-17)24-12(2)14-6-15(22)8-23-7-14/h5-8,12,16H,9-10H2,1-4H3,(H,24,25,26). The van der Waals surface area contributed by atoms with Crippen LogP contribution in [0.2, 0.25) is 0 Å². The van der Waals surface area contributed by atoms with Gasteiger partial charge in [0, 0.05) is 38.1 Å². The van der Waals surface area contributed by atoms with Crippen molar-refractivity contribution in [3.05, 3.63) is 46.5 Å². The second-order valence-electron chi connectivity index (χ2n) is 7.76. The van der Waals surface area contributed by atoms with E-state index >= 15 is 0 Å². The molecule has 3 aromatic heterocycles. The third kappa shape index (κ3) is 4.20. The summed E-state index contributed by atoms with van der Waals surface area (Å²) in [6.07, 6.45) is 2.72. The Balaban J connectivity index is 1.60. The van der Waals surface area contributed by atoms with Crippen molar-refractivity contribution in [2.45, 2.75) is 32.9 Å². The Morgan fingerprint density at radius 3 is 2.71 bits per heavy atom. The summed E-state index contributed by atoms with van der Waals surface area (Å²) in [5.74, 6) is -0.341. The predicted molar refractivity (Wildman–Crippen MR) is 117 cm³/mol. The number of pyridine rings is 1. The van der Waals surface area contributed by atoms with Crippen LogP contribution in [0, 0.1) is 12.7 Å². The molecular weight excluding hydrogens is 419 g/mol. The van der Waals surface area contributed by atoms with Gasteiger partial charge in [-0.25, -0.2) is 14.4 Å². The average molecular weight is 443 g/mol. The Hall–Kier alpha value is -3.14. The van der Waals surface area contributed by atoms with E-state index in [1.54, 1.807) is 23.0 Å². The number of carbonyl (C=O) groups excluding carboxylic acids is 2. The van der Waals surface area contributed by atoms with Gasteiger partial charge in [0.15, 0.2) is 5.69 Å². The minimum absolute atomic E-state index is 0.0157. The van der Waals surface area contributed by atoms with Gasteiger partial charge in [0.25, 0.3) is 5.91 Å². The first kappa shape index (κ1) is 21.1. The van der Waals surface area contributed by atoms with Crippen LogP contribution >= 0.6 is 11.3 Å². The Kier molecular flexibility index (Phi) is 5.57. The first-order valence-corrected chi connectivity index (χ1v) is 10.7. The van der Waals surface area contributed by atoms with Gasteiger partial charge in [-0.05, 0) is 31.5 Å². The van der Waals surface area contributed by atoms with Crippen molar-refractivity contribution in [2.75, 3.05) is 25.5 Å². The first-order chi connectivity index (χ1) is 14.7. The zero-order valence-electron chi connectivity index (χ0n) is 17.7. The third-order valence-corrected chi connectivity index (χ3v) is 6.51. The number of halogens is 1. The Labute approximate surface area is 183 Å². The van der Waals surface area contributed by atoms with Crippen molar-refractivity contribution in [1.82, 2.24) is 24.8 Å². The molecule has 1 N–H and O–H groups in total. The lowest BCUT2D eigenvalue weighted by Crippen LogP contribution is -2.61. The molecule has 1 aliphatic heterocycles. The van der Waals surface area contributed by atoms with Crippen molar-refractivity contribution in [2.24, 2.45) is 0 Å². The molecule has 31 heavy (non-hydrogen) atoms. The summed E-state index contributed by atoms with van der Waals surface area (Å²) >= 11 is 1.47. The van der Waals surface area contributed by atoms with E-state index in [4.69, 9.17) is 0 Å². The van der Waals surface area contributed by atoms with E-state index in [1.807, 2.05) is 19.9 Å². The first-order valence-electron chi connectivity index (χ1n) is 9.90. The number of hydrogen-bond acceptors (Lipinski definition) is 7. The molecule has 1 saturated heterocycles. The number of nitrogens with zero attached hydrogens (tertiary/aromatic N) is 5. The average Bonchev–Trinajstić information content (AvgIpc) is 3.05. The molecule has 4 rings (SSSR count). The summed E-state index contributed by atoms with van der Waals surface area (Å²) in [7, 11) is 1.74. The van der Waals surface area contributed by atoms with Crippen molar-refractivity contribution in [3.8, 4) is 0 Å². The Morgan fingerprint density at radius 1 is 1.29 bits per heavy atom. The smallest absolute Gasteiger partial charge is 0.274 e. The van der Waals surface area contributed by atoms with Crippen LogP contribution in [-0.2, 0) is 4.79 Å². The third-order valence-electron chi connectivity index (χ3n) is 5.46. The molecule has 8 nitrogen and oxygen atoms in total. The van der Waals surface area contributed by atoms with E-state index in [0.29, 0.717) is 35.8 Å². The van der Waals surface area contributed by atoms with Crippen molar-refractivity contribution in [3.63, 3.8) is 0 Å². The monoisotopic (exact) mass is 442 g/mol. The van der Waals surface area contributed by atoms with Gasteiger partial charge in [0.1, 0.15) is 5.82 Å². The molecule has 3 aromatic rings. The zero-order chi connectivity index (χ0) is 22.3. The summed E-state index contributed by atoms with van der Waals surface area (Å²) in [6.45, 7) is 6.26. The van der Waals surface area contributed by atoms with Crippen molar-refractivity contribution >= 4 is 39.3 Å². The minimum atomic E-state index is -0.422. The lowest BCUT2D eigenvalue weighted by Gasteiger charge is -2.43.